The minimum Gasteiger partial charge on any atom is -0.455 e. The van der Waals surface area contributed by atoms with Crippen molar-refractivity contribution >= 4 is 61.9 Å². The fraction of sp³-hybridized carbons (Fsp3) is 0.200. The Bertz CT molecular complexity index is 4250. The van der Waals surface area contributed by atoms with E-state index < -0.39 is 0 Å². The molecule has 74 heavy (non-hydrogen) atoms. The van der Waals surface area contributed by atoms with Crippen molar-refractivity contribution in [1.29, 1.82) is 0 Å². The Hall–Kier alpha value is -7.82. The highest BCUT2D eigenvalue weighted by molar-refractivity contribution is 6.94. The summed E-state index contributed by atoms with van der Waals surface area (Å²) in [5, 5.41) is 3.77. The first-order chi connectivity index (χ1) is 35.5. The number of hydrogen-bond acceptors (Lipinski definition) is 2. The van der Waals surface area contributed by atoms with Crippen LogP contribution in [0.4, 0.5) is 11.4 Å². The molecule has 0 fully saturated rings. The van der Waals surface area contributed by atoms with Crippen LogP contribution in [0.1, 0.15) is 103 Å². The maximum Gasteiger partial charge on any atom is 0.333 e. The normalized spacial score (nSPS) is 15.3. The van der Waals surface area contributed by atoms with Crippen LogP contribution in [0.2, 0.25) is 0 Å². The summed E-state index contributed by atoms with van der Waals surface area (Å²) in [7, 11) is 0. The highest BCUT2D eigenvalue weighted by Crippen LogP contribution is 2.61. The molecule has 2 aliphatic heterocycles. The molecule has 3 nitrogen and oxygen atoms in total. The second-order valence-corrected chi connectivity index (χ2v) is 24.9. The molecule has 0 saturated heterocycles. The Kier molecular flexibility index (Phi) is 8.56. The van der Waals surface area contributed by atoms with Gasteiger partial charge in [-0.05, 0) is 137 Å². The van der Waals surface area contributed by atoms with Crippen LogP contribution in [-0.4, -0.2) is 11.4 Å². The molecule has 0 N–H and O–H groups in total. The molecule has 0 unspecified atom stereocenters. The summed E-state index contributed by atoms with van der Waals surface area (Å²) in [6, 6.07) is 67.1. The summed E-state index contributed by atoms with van der Waals surface area (Å²) < 4.78 is 10.0. The van der Waals surface area contributed by atoms with Gasteiger partial charge in [-0.1, -0.05) is 197 Å². The van der Waals surface area contributed by atoms with E-state index in [9.17, 15) is 0 Å². The van der Waals surface area contributed by atoms with Gasteiger partial charge in [0.1, 0.15) is 11.3 Å². The van der Waals surface area contributed by atoms with Crippen LogP contribution < -0.4 is 15.7 Å². The van der Waals surface area contributed by atoms with Crippen LogP contribution in [0.3, 0.4) is 0 Å². The lowest BCUT2D eigenvalue weighted by Crippen LogP contribution is -2.61. The summed E-state index contributed by atoms with van der Waals surface area (Å²) in [5.41, 5.74) is 28.7. The first-order valence-electron chi connectivity index (χ1n) is 26.7. The van der Waals surface area contributed by atoms with Gasteiger partial charge in [-0.3, -0.25) is 0 Å². The highest BCUT2D eigenvalue weighted by Gasteiger charge is 2.51. The molecule has 9 aromatic carbocycles. The third kappa shape index (κ3) is 5.64. The van der Waals surface area contributed by atoms with E-state index >= 15 is 0 Å². The van der Waals surface area contributed by atoms with E-state index in [1.54, 1.807) is 0 Å². The maximum absolute atomic E-state index is 7.34. The standard InChI is InChI=1S/C70H59BN2O/c1-67(2,3)42-29-32-44(33-30-42)73-56-38-53-47(45-25-17-19-27-51(45)69(53,7)8)36-49(56)62-63-60(46-26-18-20-28-52(46)70(63,9)10)61-48-35-43(68(4,5)6)31-34-55(48)72-57-37-50-58(39-54(57)71(73)64(62)65(61)72)74-66(41-23-15-12-16-24-41)59(50)40-21-13-11-14-22-40/h11-39H,1-10H3. The molecule has 0 radical (unpaired) electrons. The Morgan fingerprint density at radius 1 is 0.473 bits per heavy atom. The van der Waals surface area contributed by atoms with E-state index in [-0.39, 0.29) is 28.5 Å². The van der Waals surface area contributed by atoms with Gasteiger partial charge in [0, 0.05) is 60.7 Å². The van der Waals surface area contributed by atoms with Gasteiger partial charge < -0.3 is 13.8 Å². The number of anilines is 2. The van der Waals surface area contributed by atoms with Gasteiger partial charge in [0.05, 0.1) is 11.0 Å². The molecular formula is C70H59BN2O. The van der Waals surface area contributed by atoms with Gasteiger partial charge in [0.15, 0.2) is 0 Å². The number of benzene rings is 9. The molecule has 0 saturated carbocycles. The Morgan fingerprint density at radius 3 is 1.78 bits per heavy atom. The summed E-state index contributed by atoms with van der Waals surface area (Å²) in [6.07, 6.45) is 0. The fourth-order valence-corrected chi connectivity index (χ4v) is 14.2. The molecule has 0 amide bonds. The zero-order valence-electron chi connectivity index (χ0n) is 44.1. The average Bonchev–Trinajstić information content (AvgIpc) is 4.09. The van der Waals surface area contributed by atoms with E-state index in [2.05, 4.69) is 255 Å². The lowest BCUT2D eigenvalue weighted by molar-refractivity contribution is 0.590. The monoisotopic (exact) mass is 954 g/mol. The largest absolute Gasteiger partial charge is 0.455 e. The van der Waals surface area contributed by atoms with E-state index in [4.69, 9.17) is 4.42 Å². The van der Waals surface area contributed by atoms with Gasteiger partial charge in [-0.15, -0.1) is 0 Å². The molecule has 15 rings (SSSR count). The van der Waals surface area contributed by atoms with E-state index in [0.29, 0.717) is 0 Å². The van der Waals surface area contributed by atoms with Crippen molar-refractivity contribution in [3.63, 3.8) is 0 Å². The predicted molar refractivity (Wildman–Crippen MR) is 313 cm³/mol. The Morgan fingerprint density at radius 2 is 1.09 bits per heavy atom. The molecule has 11 aromatic rings. The van der Waals surface area contributed by atoms with Crippen LogP contribution in [0, 0.1) is 0 Å². The first-order valence-corrected chi connectivity index (χ1v) is 26.7. The molecule has 4 heterocycles. The minimum absolute atomic E-state index is 0.00301. The highest BCUT2D eigenvalue weighted by atomic mass is 16.3. The average molecular weight is 955 g/mol. The summed E-state index contributed by atoms with van der Waals surface area (Å²) >= 11 is 0. The number of furan rings is 1. The molecule has 2 aliphatic carbocycles. The molecule has 4 aliphatic rings. The fourth-order valence-electron chi connectivity index (χ4n) is 14.2. The van der Waals surface area contributed by atoms with Gasteiger partial charge in [0.2, 0.25) is 0 Å². The number of hydrogen-bond donors (Lipinski definition) is 0. The number of fused-ring (bicyclic) bond motifs is 17. The second kappa shape index (κ2) is 14.5. The van der Waals surface area contributed by atoms with Crippen molar-refractivity contribution in [2.24, 2.45) is 0 Å². The SMILES string of the molecule is CC(C)(C)c1ccc(N2B3c4cc5oc(-c6ccccc6)c(-c6ccccc6)c5cc4-n4c5ccc(C(C)(C)C)cc5c5c6c(c(c3c54)-c3cc4c(cc32)C(C)(C)c2ccccc2-4)C(C)(C)c2ccccc2-6)cc1. The third-order valence-electron chi connectivity index (χ3n) is 17.8. The molecule has 0 bridgehead atoms. The topological polar surface area (TPSA) is 21.3 Å². The van der Waals surface area contributed by atoms with Crippen LogP contribution >= 0.6 is 0 Å². The quantitative estimate of drug-likeness (QED) is 0.165. The zero-order chi connectivity index (χ0) is 50.5. The molecule has 0 atom stereocenters. The summed E-state index contributed by atoms with van der Waals surface area (Å²) in [6.45, 7) is 23.6. The van der Waals surface area contributed by atoms with E-state index in [1.165, 1.54) is 117 Å². The smallest absolute Gasteiger partial charge is 0.333 e. The van der Waals surface area contributed by atoms with Crippen LogP contribution in [-0.2, 0) is 21.7 Å². The lowest BCUT2D eigenvalue weighted by atomic mass is 9.43. The predicted octanol–water partition coefficient (Wildman–Crippen LogP) is 17.3. The molecular weight excluding hydrogens is 896 g/mol. The number of nitrogens with zero attached hydrogens (tertiary/aromatic N) is 2. The van der Waals surface area contributed by atoms with Crippen molar-refractivity contribution in [3.05, 3.63) is 209 Å². The molecule has 358 valence electrons. The first kappa shape index (κ1) is 43.7. The van der Waals surface area contributed by atoms with Crippen LogP contribution in [0.25, 0.3) is 94.3 Å². The van der Waals surface area contributed by atoms with Crippen molar-refractivity contribution in [2.75, 3.05) is 4.81 Å². The third-order valence-corrected chi connectivity index (χ3v) is 17.8. The van der Waals surface area contributed by atoms with Gasteiger partial charge in [-0.2, -0.15) is 0 Å². The lowest BCUT2D eigenvalue weighted by Gasteiger charge is -2.44. The molecule has 0 spiro atoms. The van der Waals surface area contributed by atoms with Crippen molar-refractivity contribution in [3.8, 4) is 61.5 Å². The summed E-state index contributed by atoms with van der Waals surface area (Å²) in [4.78, 5) is 2.73. The summed E-state index contributed by atoms with van der Waals surface area (Å²) in [5.74, 6) is 0.892. The van der Waals surface area contributed by atoms with Crippen LogP contribution in [0.15, 0.2) is 180 Å². The molecule has 2 aromatic heterocycles. The number of aromatic nitrogens is 1. The Labute approximate surface area is 435 Å². The van der Waals surface area contributed by atoms with Gasteiger partial charge >= 0.3 is 6.85 Å². The molecule has 4 heteroatoms. The Balaban J connectivity index is 1.17. The van der Waals surface area contributed by atoms with Gasteiger partial charge in [-0.25, -0.2) is 0 Å². The number of rotatable bonds is 3. The van der Waals surface area contributed by atoms with Crippen LogP contribution in [0.5, 0.6) is 0 Å². The van der Waals surface area contributed by atoms with Gasteiger partial charge in [0.25, 0.3) is 0 Å². The maximum atomic E-state index is 7.34. The van der Waals surface area contributed by atoms with Crippen molar-refractivity contribution in [1.82, 2.24) is 4.57 Å². The van der Waals surface area contributed by atoms with Crippen molar-refractivity contribution in [2.45, 2.75) is 90.9 Å². The minimum atomic E-state index is -0.309. The van der Waals surface area contributed by atoms with E-state index in [0.717, 1.165) is 33.4 Å². The second-order valence-electron chi connectivity index (χ2n) is 24.9. The zero-order valence-corrected chi connectivity index (χ0v) is 44.1. The van der Waals surface area contributed by atoms with E-state index in [1.807, 2.05) is 0 Å². The van der Waals surface area contributed by atoms with Crippen molar-refractivity contribution < 1.29 is 4.42 Å².